The van der Waals surface area contributed by atoms with E-state index in [0.29, 0.717) is 11.6 Å². The summed E-state index contributed by atoms with van der Waals surface area (Å²) in [6.45, 7) is 0. The third-order valence-electron chi connectivity index (χ3n) is 1.52. The molecule has 0 aliphatic heterocycles. The number of hydrogen-bond donors (Lipinski definition) is 1. The second kappa shape index (κ2) is 4.87. The number of aromatic nitrogens is 1. The summed E-state index contributed by atoms with van der Waals surface area (Å²) in [6.07, 6.45) is 5.63. The lowest BCUT2D eigenvalue weighted by Gasteiger charge is -2.03. The third kappa shape index (κ3) is 2.73. The lowest BCUT2D eigenvalue weighted by molar-refractivity contribution is 0.415. The molecule has 3 nitrogen and oxygen atoms in total. The summed E-state index contributed by atoms with van der Waals surface area (Å²) in [6, 6.07) is 1.85. The largest absolute Gasteiger partial charge is 0.493 e. The molecular formula is C9H11BrN2O. The fourth-order valence-corrected chi connectivity index (χ4v) is 1.09. The minimum atomic E-state index is 0.415. The lowest BCUT2D eigenvalue weighted by atomic mass is 10.2. The van der Waals surface area contributed by atoms with Gasteiger partial charge in [-0.25, -0.2) is 4.98 Å². The second-order valence-corrected chi connectivity index (χ2v) is 3.06. The Bertz CT molecular complexity index is 312. The van der Waals surface area contributed by atoms with E-state index >= 15 is 0 Å². The van der Waals surface area contributed by atoms with Crippen molar-refractivity contribution in [3.05, 3.63) is 23.9 Å². The van der Waals surface area contributed by atoms with Crippen molar-refractivity contribution in [2.24, 2.45) is 0 Å². The molecule has 0 radical (unpaired) electrons. The fourth-order valence-electron chi connectivity index (χ4n) is 0.906. The molecule has 1 aromatic heterocycles. The third-order valence-corrected chi connectivity index (χ3v) is 1.90. The number of nitrogen functional groups attached to an aromatic ring is 1. The van der Waals surface area contributed by atoms with Crippen molar-refractivity contribution in [1.29, 1.82) is 0 Å². The number of methoxy groups -OCH3 is 1. The highest BCUT2D eigenvalue weighted by molar-refractivity contribution is 9.09. The maximum Gasteiger partial charge on any atom is 0.166 e. The van der Waals surface area contributed by atoms with Crippen LogP contribution in [0.25, 0.3) is 6.08 Å². The van der Waals surface area contributed by atoms with Gasteiger partial charge in [-0.05, 0) is 11.6 Å². The molecule has 0 aliphatic carbocycles. The summed E-state index contributed by atoms with van der Waals surface area (Å²) in [5, 5.41) is 0.819. The smallest absolute Gasteiger partial charge is 0.166 e. The molecule has 0 saturated carbocycles. The maximum atomic E-state index is 5.56. The predicted molar refractivity (Wildman–Crippen MR) is 58.0 cm³/mol. The summed E-state index contributed by atoms with van der Waals surface area (Å²) in [7, 11) is 1.57. The lowest BCUT2D eigenvalue weighted by Crippen LogP contribution is -1.95. The quantitative estimate of drug-likeness (QED) is 0.827. The van der Waals surface area contributed by atoms with Gasteiger partial charge in [0.2, 0.25) is 0 Å². The van der Waals surface area contributed by atoms with Crippen LogP contribution in [0.5, 0.6) is 5.75 Å². The Labute approximate surface area is 85.7 Å². The molecule has 13 heavy (non-hydrogen) atoms. The molecule has 2 N–H and O–H groups in total. The molecule has 0 atom stereocenters. The highest BCUT2D eigenvalue weighted by Gasteiger charge is 1.99. The fraction of sp³-hybridized carbons (Fsp3) is 0.222. The van der Waals surface area contributed by atoms with Gasteiger partial charge in [0.25, 0.3) is 0 Å². The molecule has 0 saturated heterocycles. The summed E-state index contributed by atoms with van der Waals surface area (Å²) in [4.78, 5) is 3.99. The van der Waals surface area contributed by atoms with E-state index in [1.807, 2.05) is 18.2 Å². The average Bonchev–Trinajstić information content (AvgIpc) is 2.16. The van der Waals surface area contributed by atoms with Crippen molar-refractivity contribution in [3.63, 3.8) is 0 Å². The number of allylic oxidation sites excluding steroid dienone is 1. The van der Waals surface area contributed by atoms with Crippen molar-refractivity contribution in [3.8, 4) is 5.75 Å². The van der Waals surface area contributed by atoms with Crippen LogP contribution in [0, 0.1) is 0 Å². The Morgan fingerprint density at radius 1 is 1.69 bits per heavy atom. The first-order valence-electron chi connectivity index (χ1n) is 3.80. The van der Waals surface area contributed by atoms with E-state index < -0.39 is 0 Å². The summed E-state index contributed by atoms with van der Waals surface area (Å²) in [5.74, 6) is 1.02. The van der Waals surface area contributed by atoms with Crippen LogP contribution in [0.15, 0.2) is 18.3 Å². The first kappa shape index (κ1) is 10.1. The van der Waals surface area contributed by atoms with Crippen LogP contribution < -0.4 is 10.5 Å². The standard InChI is InChI=1S/C9H11BrN2O/c1-13-8-5-7(3-2-4-10)6-12-9(8)11/h2-3,5-6H,4H2,1H3,(H2,11,12). The number of hydrogen-bond acceptors (Lipinski definition) is 3. The molecule has 0 spiro atoms. The molecule has 0 unspecified atom stereocenters. The molecule has 1 heterocycles. The topological polar surface area (TPSA) is 48.1 Å². The van der Waals surface area contributed by atoms with E-state index in [4.69, 9.17) is 10.5 Å². The van der Waals surface area contributed by atoms with E-state index in [2.05, 4.69) is 20.9 Å². The van der Waals surface area contributed by atoms with Gasteiger partial charge in [-0.1, -0.05) is 28.1 Å². The molecule has 4 heteroatoms. The number of anilines is 1. The summed E-state index contributed by atoms with van der Waals surface area (Å²) in [5.41, 5.74) is 6.54. The van der Waals surface area contributed by atoms with Crippen LogP contribution in [0.3, 0.4) is 0 Å². The molecule has 0 amide bonds. The van der Waals surface area contributed by atoms with Crippen LogP contribution in [-0.4, -0.2) is 17.4 Å². The predicted octanol–water partition coefficient (Wildman–Crippen LogP) is 2.08. The SMILES string of the molecule is COc1cc(C=CCBr)cnc1N. The van der Waals surface area contributed by atoms with E-state index in [0.717, 1.165) is 10.9 Å². The Kier molecular flexibility index (Phi) is 3.76. The number of nitrogens with zero attached hydrogens (tertiary/aromatic N) is 1. The van der Waals surface area contributed by atoms with Gasteiger partial charge in [0, 0.05) is 11.5 Å². The van der Waals surface area contributed by atoms with Crippen LogP contribution in [0.1, 0.15) is 5.56 Å². The van der Waals surface area contributed by atoms with Gasteiger partial charge < -0.3 is 10.5 Å². The van der Waals surface area contributed by atoms with Crippen molar-refractivity contribution in [2.45, 2.75) is 0 Å². The van der Waals surface area contributed by atoms with Crippen LogP contribution in [0.2, 0.25) is 0 Å². The second-order valence-electron chi connectivity index (χ2n) is 2.41. The van der Waals surface area contributed by atoms with Gasteiger partial charge in [-0.3, -0.25) is 0 Å². The molecule has 0 aromatic carbocycles. The zero-order valence-corrected chi connectivity index (χ0v) is 8.91. The first-order chi connectivity index (χ1) is 6.27. The molecule has 0 fully saturated rings. The summed E-state index contributed by atoms with van der Waals surface area (Å²) < 4.78 is 5.03. The van der Waals surface area contributed by atoms with Gasteiger partial charge in [0.1, 0.15) is 0 Å². The van der Waals surface area contributed by atoms with Crippen LogP contribution in [-0.2, 0) is 0 Å². The van der Waals surface area contributed by atoms with E-state index in [9.17, 15) is 0 Å². The highest BCUT2D eigenvalue weighted by Crippen LogP contribution is 2.19. The number of halogens is 1. The zero-order chi connectivity index (χ0) is 9.68. The van der Waals surface area contributed by atoms with Gasteiger partial charge in [-0.2, -0.15) is 0 Å². The number of alkyl halides is 1. The molecule has 70 valence electrons. The monoisotopic (exact) mass is 242 g/mol. The van der Waals surface area contributed by atoms with Crippen molar-refractivity contribution in [1.82, 2.24) is 4.98 Å². The number of pyridine rings is 1. The average molecular weight is 243 g/mol. The Morgan fingerprint density at radius 3 is 3.08 bits per heavy atom. The van der Waals surface area contributed by atoms with Gasteiger partial charge in [-0.15, -0.1) is 0 Å². The Balaban J connectivity index is 2.92. The molecular weight excluding hydrogens is 232 g/mol. The minimum absolute atomic E-state index is 0.415. The van der Waals surface area contributed by atoms with Crippen molar-refractivity contribution in [2.75, 3.05) is 18.2 Å². The van der Waals surface area contributed by atoms with Crippen molar-refractivity contribution >= 4 is 27.8 Å². The van der Waals surface area contributed by atoms with E-state index in [1.165, 1.54) is 0 Å². The molecule has 0 aliphatic rings. The first-order valence-corrected chi connectivity index (χ1v) is 4.92. The van der Waals surface area contributed by atoms with Crippen LogP contribution >= 0.6 is 15.9 Å². The van der Waals surface area contributed by atoms with E-state index in [1.54, 1.807) is 13.3 Å². The van der Waals surface area contributed by atoms with Crippen LogP contribution in [0.4, 0.5) is 5.82 Å². The van der Waals surface area contributed by atoms with E-state index in [-0.39, 0.29) is 0 Å². The number of rotatable bonds is 3. The van der Waals surface area contributed by atoms with Gasteiger partial charge >= 0.3 is 0 Å². The maximum absolute atomic E-state index is 5.56. The zero-order valence-electron chi connectivity index (χ0n) is 7.33. The number of ether oxygens (including phenoxy) is 1. The molecule has 1 aromatic rings. The molecule has 0 bridgehead atoms. The minimum Gasteiger partial charge on any atom is -0.493 e. The van der Waals surface area contributed by atoms with Crippen molar-refractivity contribution < 1.29 is 4.74 Å². The summed E-state index contributed by atoms with van der Waals surface area (Å²) >= 11 is 3.29. The molecule has 1 rings (SSSR count). The Hall–Kier alpha value is -1.03. The highest BCUT2D eigenvalue weighted by atomic mass is 79.9. The van der Waals surface area contributed by atoms with Gasteiger partial charge in [0.15, 0.2) is 11.6 Å². The van der Waals surface area contributed by atoms with Gasteiger partial charge in [0.05, 0.1) is 7.11 Å². The normalized spacial score (nSPS) is 10.6. The number of nitrogens with two attached hydrogens (primary N) is 1. The Morgan fingerprint density at radius 2 is 2.46 bits per heavy atom.